The minimum Gasteiger partial charge on any atom is -0.369 e. The van der Waals surface area contributed by atoms with Crippen LogP contribution in [0.4, 0.5) is 4.39 Å². The molecule has 1 aliphatic rings. The van der Waals surface area contributed by atoms with Crippen molar-refractivity contribution in [2.24, 2.45) is 23.0 Å². The van der Waals surface area contributed by atoms with Crippen molar-refractivity contribution in [3.63, 3.8) is 0 Å². The Hall–Kier alpha value is -0.600. The van der Waals surface area contributed by atoms with Gasteiger partial charge in [-0.2, -0.15) is 0 Å². The lowest BCUT2D eigenvalue weighted by Crippen LogP contribution is -2.37. The Morgan fingerprint density at radius 1 is 1.50 bits per heavy atom. The molecule has 82 valence electrons. The van der Waals surface area contributed by atoms with E-state index in [1.807, 2.05) is 0 Å². The molecule has 0 aromatic rings. The van der Waals surface area contributed by atoms with Gasteiger partial charge in [-0.05, 0) is 31.6 Å². The summed E-state index contributed by atoms with van der Waals surface area (Å²) in [7, 11) is 0. The van der Waals surface area contributed by atoms with Gasteiger partial charge in [0, 0.05) is 11.3 Å². The van der Waals surface area contributed by atoms with Crippen LogP contribution in [0.3, 0.4) is 0 Å². The van der Waals surface area contributed by atoms with E-state index in [0.29, 0.717) is 5.92 Å². The first-order valence-corrected chi connectivity index (χ1v) is 5.37. The number of rotatable bonds is 3. The highest BCUT2D eigenvalue weighted by Gasteiger charge is 2.39. The maximum atomic E-state index is 13.0. The van der Waals surface area contributed by atoms with E-state index in [0.717, 1.165) is 25.7 Å². The van der Waals surface area contributed by atoms with Gasteiger partial charge in [-0.25, -0.2) is 0 Å². The zero-order valence-electron chi connectivity index (χ0n) is 9.05. The van der Waals surface area contributed by atoms with Gasteiger partial charge in [0.25, 0.3) is 0 Å². The smallest absolute Gasteiger partial charge is 0.220 e. The van der Waals surface area contributed by atoms with Crippen molar-refractivity contribution in [2.45, 2.75) is 39.5 Å². The molecule has 1 fully saturated rings. The second-order valence-electron chi connectivity index (χ2n) is 4.83. The van der Waals surface area contributed by atoms with Crippen LogP contribution in [0.2, 0.25) is 0 Å². The third-order valence-corrected chi connectivity index (χ3v) is 3.87. The molecule has 14 heavy (non-hydrogen) atoms. The predicted molar refractivity (Wildman–Crippen MR) is 54.4 cm³/mol. The predicted octanol–water partition coefficient (Wildman–Crippen LogP) is 2.27. The average molecular weight is 201 g/mol. The van der Waals surface area contributed by atoms with Crippen molar-refractivity contribution < 1.29 is 9.18 Å². The molecule has 1 rings (SSSR count). The molecular weight excluding hydrogens is 181 g/mol. The van der Waals surface area contributed by atoms with E-state index in [9.17, 15) is 9.18 Å². The summed E-state index contributed by atoms with van der Waals surface area (Å²) in [6.45, 7) is 3.85. The van der Waals surface area contributed by atoms with Crippen LogP contribution < -0.4 is 5.73 Å². The van der Waals surface area contributed by atoms with Crippen LogP contribution in [0.1, 0.15) is 39.5 Å². The fourth-order valence-electron chi connectivity index (χ4n) is 2.34. The lowest BCUT2D eigenvalue weighted by Gasteiger charge is -2.40. The van der Waals surface area contributed by atoms with Crippen LogP contribution in [-0.2, 0) is 4.79 Å². The largest absolute Gasteiger partial charge is 0.369 e. The molecule has 0 atom stereocenters. The van der Waals surface area contributed by atoms with Crippen LogP contribution in [0, 0.1) is 17.3 Å². The number of hydrogen-bond acceptors (Lipinski definition) is 1. The summed E-state index contributed by atoms with van der Waals surface area (Å²) in [4.78, 5) is 11.0. The highest BCUT2D eigenvalue weighted by atomic mass is 19.1. The van der Waals surface area contributed by atoms with Gasteiger partial charge in [-0.15, -0.1) is 0 Å². The maximum absolute atomic E-state index is 13.0. The first-order chi connectivity index (χ1) is 6.52. The molecule has 1 aliphatic carbocycles. The number of nitrogens with two attached hydrogens (primary N) is 1. The quantitative estimate of drug-likeness (QED) is 0.748. The summed E-state index contributed by atoms with van der Waals surface area (Å²) in [5, 5.41) is 0. The summed E-state index contributed by atoms with van der Waals surface area (Å²) in [6, 6.07) is 0. The van der Waals surface area contributed by atoms with E-state index >= 15 is 0 Å². The molecule has 1 amide bonds. The number of carbonyl (C=O) groups is 1. The molecule has 0 saturated heterocycles. The Labute approximate surface area is 85.0 Å². The highest BCUT2D eigenvalue weighted by Crippen LogP contribution is 2.44. The lowest BCUT2D eigenvalue weighted by molar-refractivity contribution is -0.124. The Balaban J connectivity index is 2.59. The molecule has 0 radical (unpaired) electrons. The van der Waals surface area contributed by atoms with Gasteiger partial charge < -0.3 is 5.73 Å². The average Bonchev–Trinajstić information content (AvgIpc) is 2.17. The van der Waals surface area contributed by atoms with E-state index < -0.39 is 0 Å². The Morgan fingerprint density at radius 2 is 2.00 bits per heavy atom. The molecule has 0 bridgehead atoms. The first-order valence-electron chi connectivity index (χ1n) is 5.37. The number of alkyl halides is 1. The second-order valence-corrected chi connectivity index (χ2v) is 4.83. The SMILES string of the molecule is CC(C)C1(CF)CCC(C(N)=O)CC1. The van der Waals surface area contributed by atoms with Crippen molar-refractivity contribution in [3.8, 4) is 0 Å². The Bertz CT molecular complexity index is 207. The topological polar surface area (TPSA) is 43.1 Å². The van der Waals surface area contributed by atoms with Crippen LogP contribution >= 0.6 is 0 Å². The van der Waals surface area contributed by atoms with Crippen LogP contribution in [0.5, 0.6) is 0 Å². The monoisotopic (exact) mass is 201 g/mol. The molecule has 0 heterocycles. The summed E-state index contributed by atoms with van der Waals surface area (Å²) in [6.07, 6.45) is 3.12. The van der Waals surface area contributed by atoms with E-state index in [2.05, 4.69) is 13.8 Å². The number of carbonyl (C=O) groups excluding carboxylic acids is 1. The normalized spacial score (nSPS) is 33.3. The molecule has 2 nitrogen and oxygen atoms in total. The maximum Gasteiger partial charge on any atom is 0.220 e. The minimum absolute atomic E-state index is 0.0200. The summed E-state index contributed by atoms with van der Waals surface area (Å²) in [5.74, 6) is 0.107. The van der Waals surface area contributed by atoms with Gasteiger partial charge in [0.05, 0.1) is 6.67 Å². The van der Waals surface area contributed by atoms with Gasteiger partial charge in [-0.1, -0.05) is 13.8 Å². The third-order valence-electron chi connectivity index (χ3n) is 3.87. The van der Waals surface area contributed by atoms with E-state index in [1.165, 1.54) is 0 Å². The first kappa shape index (κ1) is 11.5. The van der Waals surface area contributed by atoms with Gasteiger partial charge in [0.15, 0.2) is 0 Å². The highest BCUT2D eigenvalue weighted by molar-refractivity contribution is 5.76. The zero-order valence-corrected chi connectivity index (χ0v) is 9.05. The molecule has 0 spiro atoms. The second kappa shape index (κ2) is 4.28. The Kier molecular flexibility index (Phi) is 3.51. The molecular formula is C11H20FNO. The molecule has 1 saturated carbocycles. The number of amides is 1. The fourth-order valence-corrected chi connectivity index (χ4v) is 2.34. The third kappa shape index (κ3) is 2.07. The van der Waals surface area contributed by atoms with Gasteiger partial charge in [-0.3, -0.25) is 9.18 Å². The molecule has 0 aliphatic heterocycles. The van der Waals surface area contributed by atoms with Crippen LogP contribution in [0.25, 0.3) is 0 Å². The Morgan fingerprint density at radius 3 is 2.29 bits per heavy atom. The summed E-state index contributed by atoms with van der Waals surface area (Å²) < 4.78 is 13.0. The fraction of sp³-hybridized carbons (Fsp3) is 0.909. The van der Waals surface area contributed by atoms with Gasteiger partial charge in [0.1, 0.15) is 0 Å². The van der Waals surface area contributed by atoms with Crippen molar-refractivity contribution in [2.75, 3.05) is 6.67 Å². The molecule has 0 unspecified atom stereocenters. The van der Waals surface area contributed by atoms with Crippen molar-refractivity contribution in [1.82, 2.24) is 0 Å². The van der Waals surface area contributed by atoms with Gasteiger partial charge >= 0.3 is 0 Å². The van der Waals surface area contributed by atoms with Crippen LogP contribution in [0.15, 0.2) is 0 Å². The van der Waals surface area contributed by atoms with Crippen LogP contribution in [-0.4, -0.2) is 12.6 Å². The standard InChI is InChI=1S/C11H20FNO/c1-8(2)11(7-12)5-3-9(4-6-11)10(13)14/h8-9H,3-7H2,1-2H3,(H2,13,14). The van der Waals surface area contributed by atoms with E-state index in [1.54, 1.807) is 0 Å². The van der Waals surface area contributed by atoms with Crippen molar-refractivity contribution >= 4 is 5.91 Å². The van der Waals surface area contributed by atoms with Gasteiger partial charge in [0.2, 0.25) is 5.91 Å². The minimum atomic E-state index is -0.268. The number of primary amides is 1. The van der Waals surface area contributed by atoms with E-state index in [-0.39, 0.29) is 23.9 Å². The molecule has 3 heteroatoms. The summed E-state index contributed by atoms with van der Waals surface area (Å²) >= 11 is 0. The molecule has 0 aromatic heterocycles. The molecule has 2 N–H and O–H groups in total. The van der Waals surface area contributed by atoms with Crippen molar-refractivity contribution in [1.29, 1.82) is 0 Å². The van der Waals surface area contributed by atoms with Crippen molar-refractivity contribution in [3.05, 3.63) is 0 Å². The number of halogens is 1. The zero-order chi connectivity index (χ0) is 10.8. The summed E-state index contributed by atoms with van der Waals surface area (Å²) in [5.41, 5.74) is 5.05. The lowest BCUT2D eigenvalue weighted by atomic mass is 9.65. The van der Waals surface area contributed by atoms with E-state index in [4.69, 9.17) is 5.73 Å². The molecule has 0 aromatic carbocycles. The number of hydrogen-bond donors (Lipinski definition) is 1.